The van der Waals surface area contributed by atoms with Crippen LogP contribution in [0.15, 0.2) is 66.9 Å². The predicted molar refractivity (Wildman–Crippen MR) is 113 cm³/mol. The molecule has 3 aromatic rings. The van der Waals surface area contributed by atoms with E-state index in [1.807, 2.05) is 48.5 Å². The highest BCUT2D eigenvalue weighted by molar-refractivity contribution is 6.08. The SMILES string of the molecule is CN(C)CCN(C)c1ccc(C=CC(=O)c2cnc3ccccc3c2)cc1. The van der Waals surface area contributed by atoms with Crippen LogP contribution in [0, 0.1) is 0 Å². The molecule has 0 atom stereocenters. The average Bonchev–Trinajstić information content (AvgIpc) is 2.70. The Hall–Kier alpha value is -2.98. The van der Waals surface area contributed by atoms with Gasteiger partial charge in [-0.3, -0.25) is 9.78 Å². The van der Waals surface area contributed by atoms with Crippen LogP contribution in [0.2, 0.25) is 0 Å². The number of hydrogen-bond donors (Lipinski definition) is 0. The van der Waals surface area contributed by atoms with Crippen molar-refractivity contribution in [3.8, 4) is 0 Å². The molecule has 0 amide bonds. The van der Waals surface area contributed by atoms with E-state index in [2.05, 4.69) is 48.1 Å². The van der Waals surface area contributed by atoms with E-state index >= 15 is 0 Å². The Morgan fingerprint density at radius 1 is 1.00 bits per heavy atom. The van der Waals surface area contributed by atoms with Gasteiger partial charge >= 0.3 is 0 Å². The molecule has 1 heterocycles. The fraction of sp³-hybridized carbons (Fsp3) is 0.217. The number of likely N-dealkylation sites (N-methyl/N-ethyl adjacent to an activating group) is 2. The smallest absolute Gasteiger partial charge is 0.187 e. The van der Waals surface area contributed by atoms with Crippen LogP contribution in [0.4, 0.5) is 5.69 Å². The van der Waals surface area contributed by atoms with E-state index < -0.39 is 0 Å². The van der Waals surface area contributed by atoms with Gasteiger partial charge in [-0.15, -0.1) is 0 Å². The highest BCUT2D eigenvalue weighted by atomic mass is 16.1. The Morgan fingerprint density at radius 3 is 2.48 bits per heavy atom. The van der Waals surface area contributed by atoms with Crippen LogP contribution in [-0.4, -0.2) is 49.9 Å². The van der Waals surface area contributed by atoms with Gasteiger partial charge in [0.15, 0.2) is 5.78 Å². The molecule has 3 rings (SSSR count). The maximum Gasteiger partial charge on any atom is 0.187 e. The Labute approximate surface area is 160 Å². The van der Waals surface area contributed by atoms with Gasteiger partial charge in [0.2, 0.25) is 0 Å². The lowest BCUT2D eigenvalue weighted by atomic mass is 10.1. The summed E-state index contributed by atoms with van der Waals surface area (Å²) in [6, 6.07) is 17.9. The molecule has 0 N–H and O–H groups in total. The monoisotopic (exact) mass is 359 g/mol. The van der Waals surface area contributed by atoms with Crippen molar-refractivity contribution < 1.29 is 4.79 Å². The molecule has 138 valence electrons. The molecule has 1 aromatic heterocycles. The van der Waals surface area contributed by atoms with Gasteiger partial charge in [-0.1, -0.05) is 36.4 Å². The van der Waals surface area contributed by atoms with Crippen LogP contribution in [0.5, 0.6) is 0 Å². The molecule has 4 heteroatoms. The standard InChI is InChI=1S/C23H25N3O/c1-25(2)14-15-26(3)21-11-8-18(9-12-21)10-13-23(27)20-16-19-6-4-5-7-22(19)24-17-20/h4-13,16-17H,14-15H2,1-3H3. The maximum absolute atomic E-state index is 12.4. The molecule has 2 aromatic carbocycles. The number of fused-ring (bicyclic) bond motifs is 1. The van der Waals surface area contributed by atoms with Crippen LogP contribution in [0.3, 0.4) is 0 Å². The van der Waals surface area contributed by atoms with E-state index in [9.17, 15) is 4.79 Å². The third kappa shape index (κ3) is 5.02. The summed E-state index contributed by atoms with van der Waals surface area (Å²) < 4.78 is 0. The topological polar surface area (TPSA) is 36.4 Å². The molecule has 0 spiro atoms. The van der Waals surface area contributed by atoms with E-state index in [-0.39, 0.29) is 5.78 Å². The molecular weight excluding hydrogens is 334 g/mol. The third-order valence-electron chi connectivity index (χ3n) is 4.52. The fourth-order valence-corrected chi connectivity index (χ4v) is 2.79. The maximum atomic E-state index is 12.4. The van der Waals surface area contributed by atoms with Crippen LogP contribution in [0.25, 0.3) is 17.0 Å². The Kier molecular flexibility index (Phi) is 5.99. The predicted octanol–water partition coefficient (Wildman–Crippen LogP) is 4.13. The summed E-state index contributed by atoms with van der Waals surface area (Å²) in [6.07, 6.45) is 5.09. The fourth-order valence-electron chi connectivity index (χ4n) is 2.79. The van der Waals surface area contributed by atoms with Crippen molar-refractivity contribution in [1.82, 2.24) is 9.88 Å². The Morgan fingerprint density at radius 2 is 1.74 bits per heavy atom. The number of carbonyl (C=O) groups is 1. The molecule has 0 radical (unpaired) electrons. The Balaban J connectivity index is 1.66. The number of anilines is 1. The largest absolute Gasteiger partial charge is 0.373 e. The summed E-state index contributed by atoms with van der Waals surface area (Å²) in [5.74, 6) is -0.0413. The zero-order chi connectivity index (χ0) is 19.2. The number of rotatable bonds is 7. The number of para-hydroxylation sites is 1. The summed E-state index contributed by atoms with van der Waals surface area (Å²) in [4.78, 5) is 21.2. The molecule has 0 fully saturated rings. The number of allylic oxidation sites excluding steroid dienone is 1. The van der Waals surface area contributed by atoms with Gasteiger partial charge in [-0.25, -0.2) is 0 Å². The van der Waals surface area contributed by atoms with Crippen molar-refractivity contribution >= 4 is 28.4 Å². The van der Waals surface area contributed by atoms with Crippen molar-refractivity contribution in [3.63, 3.8) is 0 Å². The first-order valence-corrected chi connectivity index (χ1v) is 9.06. The molecule has 0 bridgehead atoms. The number of nitrogens with zero attached hydrogens (tertiary/aromatic N) is 3. The van der Waals surface area contributed by atoms with E-state index in [1.165, 1.54) is 5.69 Å². The number of ketones is 1. The summed E-state index contributed by atoms with van der Waals surface area (Å²) >= 11 is 0. The zero-order valence-corrected chi connectivity index (χ0v) is 16.1. The molecular formula is C23H25N3O. The first-order chi connectivity index (χ1) is 13.0. The van der Waals surface area contributed by atoms with Gasteiger partial charge in [-0.05, 0) is 50.0 Å². The van der Waals surface area contributed by atoms with Gasteiger partial charge < -0.3 is 9.80 Å². The van der Waals surface area contributed by atoms with E-state index in [4.69, 9.17) is 0 Å². The molecule has 0 aliphatic carbocycles. The molecule has 0 unspecified atom stereocenters. The van der Waals surface area contributed by atoms with Crippen molar-refractivity contribution in [3.05, 3.63) is 78.0 Å². The number of benzene rings is 2. The van der Waals surface area contributed by atoms with Gasteiger partial charge in [0.1, 0.15) is 0 Å². The quantitative estimate of drug-likeness (QED) is 0.469. The molecule has 27 heavy (non-hydrogen) atoms. The van der Waals surface area contributed by atoms with Crippen molar-refractivity contribution in [2.24, 2.45) is 0 Å². The van der Waals surface area contributed by atoms with E-state index in [1.54, 1.807) is 12.3 Å². The van der Waals surface area contributed by atoms with Crippen LogP contribution in [-0.2, 0) is 0 Å². The van der Waals surface area contributed by atoms with Crippen molar-refractivity contribution in [2.45, 2.75) is 0 Å². The van der Waals surface area contributed by atoms with E-state index in [0.29, 0.717) is 5.56 Å². The van der Waals surface area contributed by atoms with Crippen molar-refractivity contribution in [1.29, 1.82) is 0 Å². The van der Waals surface area contributed by atoms with Crippen molar-refractivity contribution in [2.75, 3.05) is 39.1 Å². The number of hydrogen-bond acceptors (Lipinski definition) is 4. The average molecular weight is 359 g/mol. The summed E-state index contributed by atoms with van der Waals surface area (Å²) in [5.41, 5.74) is 3.66. The van der Waals surface area contributed by atoms with Gasteiger partial charge in [0, 0.05) is 43.0 Å². The highest BCUT2D eigenvalue weighted by Gasteiger charge is 2.05. The molecule has 0 aliphatic rings. The van der Waals surface area contributed by atoms with Gasteiger partial charge in [-0.2, -0.15) is 0 Å². The lowest BCUT2D eigenvalue weighted by Crippen LogP contribution is -2.28. The van der Waals surface area contributed by atoms with Crippen LogP contribution in [0.1, 0.15) is 15.9 Å². The summed E-state index contributed by atoms with van der Waals surface area (Å²) in [7, 11) is 6.23. The van der Waals surface area contributed by atoms with E-state index in [0.717, 1.165) is 29.6 Å². The first kappa shape index (κ1) is 18.8. The first-order valence-electron chi connectivity index (χ1n) is 9.06. The van der Waals surface area contributed by atoms with Crippen LogP contribution < -0.4 is 4.90 Å². The number of pyridine rings is 1. The number of carbonyl (C=O) groups excluding carboxylic acids is 1. The lowest BCUT2D eigenvalue weighted by molar-refractivity contribution is 0.104. The van der Waals surface area contributed by atoms with Crippen LogP contribution >= 0.6 is 0 Å². The summed E-state index contributed by atoms with van der Waals surface area (Å²) in [5, 5.41) is 0.974. The second-order valence-corrected chi connectivity index (χ2v) is 6.93. The highest BCUT2D eigenvalue weighted by Crippen LogP contribution is 2.16. The number of aromatic nitrogens is 1. The molecule has 0 saturated carbocycles. The molecule has 4 nitrogen and oxygen atoms in total. The minimum Gasteiger partial charge on any atom is -0.373 e. The zero-order valence-electron chi connectivity index (χ0n) is 16.1. The lowest BCUT2D eigenvalue weighted by Gasteiger charge is -2.21. The Bertz CT molecular complexity index is 945. The van der Waals surface area contributed by atoms with Gasteiger partial charge in [0.05, 0.1) is 5.52 Å². The minimum absolute atomic E-state index is 0.0413. The molecule has 0 aliphatic heterocycles. The second-order valence-electron chi connectivity index (χ2n) is 6.93. The van der Waals surface area contributed by atoms with Gasteiger partial charge in [0.25, 0.3) is 0 Å². The normalized spacial score (nSPS) is 11.4. The minimum atomic E-state index is -0.0413. The third-order valence-corrected chi connectivity index (χ3v) is 4.52. The second kappa shape index (κ2) is 8.60. The summed E-state index contributed by atoms with van der Waals surface area (Å²) in [6.45, 7) is 1.97. The molecule has 0 saturated heterocycles.